The molecular formula is C23H35N3OS. The summed E-state index contributed by atoms with van der Waals surface area (Å²) in [5.74, 6) is 2.31. The van der Waals surface area contributed by atoms with Crippen molar-refractivity contribution in [1.29, 1.82) is 0 Å². The van der Waals surface area contributed by atoms with E-state index in [1.165, 1.54) is 44.3 Å². The van der Waals surface area contributed by atoms with E-state index >= 15 is 0 Å². The van der Waals surface area contributed by atoms with Gasteiger partial charge in [-0.3, -0.25) is 0 Å². The fourth-order valence-electron chi connectivity index (χ4n) is 4.82. The highest BCUT2D eigenvalue weighted by atomic mass is 32.1. The second-order valence-electron chi connectivity index (χ2n) is 9.64. The van der Waals surface area contributed by atoms with Gasteiger partial charge >= 0.3 is 0 Å². The summed E-state index contributed by atoms with van der Waals surface area (Å²) in [4.78, 5) is 4.95. The molecule has 1 spiro atoms. The molecule has 154 valence electrons. The molecule has 2 saturated heterocycles. The maximum Gasteiger partial charge on any atom is 0.169 e. The lowest BCUT2D eigenvalue weighted by molar-refractivity contribution is 0.141. The topological polar surface area (TPSA) is 27.7 Å². The number of piperidine rings is 1. The van der Waals surface area contributed by atoms with Crippen LogP contribution in [0, 0.1) is 17.3 Å². The number of hydrogen-bond acceptors (Lipinski definition) is 3. The molecule has 28 heavy (non-hydrogen) atoms. The quantitative estimate of drug-likeness (QED) is 0.736. The van der Waals surface area contributed by atoms with E-state index in [2.05, 4.69) is 60.3 Å². The van der Waals surface area contributed by atoms with Crippen LogP contribution in [-0.4, -0.2) is 60.8 Å². The van der Waals surface area contributed by atoms with E-state index in [0.717, 1.165) is 36.5 Å². The zero-order chi connectivity index (χ0) is 19.7. The second kappa shape index (κ2) is 8.19. The van der Waals surface area contributed by atoms with Crippen LogP contribution < -0.4 is 10.1 Å². The summed E-state index contributed by atoms with van der Waals surface area (Å²) in [6.07, 6.45) is 4.95. The molecule has 0 amide bonds. The third-order valence-corrected chi connectivity index (χ3v) is 7.19. The van der Waals surface area contributed by atoms with Crippen LogP contribution in [0.3, 0.4) is 0 Å². The predicted molar refractivity (Wildman–Crippen MR) is 119 cm³/mol. The summed E-state index contributed by atoms with van der Waals surface area (Å²) in [7, 11) is 2.22. The molecule has 1 saturated carbocycles. The average molecular weight is 402 g/mol. The Bertz CT molecular complexity index is 684. The third kappa shape index (κ3) is 4.46. The van der Waals surface area contributed by atoms with Crippen molar-refractivity contribution >= 4 is 17.3 Å². The third-order valence-electron chi connectivity index (χ3n) is 6.81. The second-order valence-corrected chi connectivity index (χ2v) is 10.0. The zero-order valence-electron chi connectivity index (χ0n) is 17.6. The van der Waals surface area contributed by atoms with Crippen LogP contribution in [0.15, 0.2) is 24.3 Å². The lowest BCUT2D eigenvalue weighted by Gasteiger charge is -2.44. The van der Waals surface area contributed by atoms with Gasteiger partial charge in [-0.05, 0) is 87.6 Å². The highest BCUT2D eigenvalue weighted by molar-refractivity contribution is 7.80. The van der Waals surface area contributed by atoms with Gasteiger partial charge < -0.3 is 19.9 Å². The number of ether oxygens (including phenoxy) is 1. The fraction of sp³-hybridized carbons (Fsp3) is 0.696. The van der Waals surface area contributed by atoms with E-state index in [4.69, 9.17) is 17.0 Å². The van der Waals surface area contributed by atoms with Crippen molar-refractivity contribution in [3.05, 3.63) is 29.8 Å². The van der Waals surface area contributed by atoms with Gasteiger partial charge in [0.25, 0.3) is 0 Å². The minimum Gasteiger partial charge on any atom is -0.493 e. The monoisotopic (exact) mass is 401 g/mol. The van der Waals surface area contributed by atoms with Crippen molar-refractivity contribution in [2.75, 3.05) is 39.8 Å². The first-order chi connectivity index (χ1) is 13.4. The number of nitrogens with one attached hydrogen (secondary N) is 1. The lowest BCUT2D eigenvalue weighted by Crippen LogP contribution is -2.58. The Morgan fingerprint density at radius 2 is 1.93 bits per heavy atom. The molecule has 1 aromatic rings. The maximum absolute atomic E-state index is 5.82. The standard InChI is InChI=1S/C23H35N3OS/c1-17(2)14-27-21-6-4-18(5-7-21)12-19-13-23(19)15-24-22(28)26(16-23)20-8-10-25(3)11-9-20/h4-7,17,19-20H,8-16H2,1-3H3,(H,24,28). The molecular weight excluding hydrogens is 366 g/mol. The molecule has 4 rings (SSSR count). The molecule has 1 aliphatic carbocycles. The smallest absolute Gasteiger partial charge is 0.169 e. The molecule has 5 heteroatoms. The van der Waals surface area contributed by atoms with E-state index in [0.29, 0.717) is 17.4 Å². The molecule has 0 aromatic heterocycles. The van der Waals surface area contributed by atoms with Gasteiger partial charge in [0.2, 0.25) is 0 Å². The van der Waals surface area contributed by atoms with E-state index in [1.54, 1.807) is 0 Å². The van der Waals surface area contributed by atoms with E-state index in [-0.39, 0.29) is 0 Å². The minimum atomic E-state index is 0.415. The van der Waals surface area contributed by atoms with Gasteiger partial charge in [-0.2, -0.15) is 0 Å². The Hall–Kier alpha value is -1.33. The van der Waals surface area contributed by atoms with Gasteiger partial charge in [-0.25, -0.2) is 0 Å². The molecule has 3 fully saturated rings. The van der Waals surface area contributed by atoms with Gasteiger partial charge in [-0.1, -0.05) is 26.0 Å². The molecule has 0 bridgehead atoms. The maximum atomic E-state index is 5.82. The van der Waals surface area contributed by atoms with Crippen molar-refractivity contribution in [1.82, 2.24) is 15.1 Å². The van der Waals surface area contributed by atoms with Crippen LogP contribution in [0.1, 0.15) is 38.7 Å². The van der Waals surface area contributed by atoms with Gasteiger partial charge in [0.15, 0.2) is 5.11 Å². The van der Waals surface area contributed by atoms with Crippen LogP contribution in [-0.2, 0) is 6.42 Å². The van der Waals surface area contributed by atoms with Gasteiger partial charge in [0.05, 0.1) is 6.61 Å². The first-order valence-corrected chi connectivity index (χ1v) is 11.3. The molecule has 2 unspecified atom stereocenters. The predicted octanol–water partition coefficient (Wildman–Crippen LogP) is 3.55. The number of rotatable bonds is 6. The molecule has 0 radical (unpaired) electrons. The van der Waals surface area contributed by atoms with E-state index in [1.807, 2.05) is 0 Å². The molecule has 2 atom stereocenters. The van der Waals surface area contributed by atoms with Crippen molar-refractivity contribution in [2.45, 2.75) is 45.6 Å². The summed E-state index contributed by atoms with van der Waals surface area (Å²) < 4.78 is 5.82. The molecule has 4 nitrogen and oxygen atoms in total. The first kappa shape index (κ1) is 20.0. The van der Waals surface area contributed by atoms with Crippen LogP contribution in [0.5, 0.6) is 5.75 Å². The van der Waals surface area contributed by atoms with Crippen molar-refractivity contribution in [3.8, 4) is 5.75 Å². The molecule has 1 aromatic carbocycles. The van der Waals surface area contributed by atoms with Gasteiger partial charge in [-0.15, -0.1) is 0 Å². The van der Waals surface area contributed by atoms with Crippen LogP contribution in [0.2, 0.25) is 0 Å². The minimum absolute atomic E-state index is 0.415. The summed E-state index contributed by atoms with van der Waals surface area (Å²) >= 11 is 5.68. The summed E-state index contributed by atoms with van der Waals surface area (Å²) in [5, 5.41) is 4.55. The SMILES string of the molecule is CC(C)COc1ccc(CC2CC23CNC(=S)N(C2CCN(C)CC2)C3)cc1. The van der Waals surface area contributed by atoms with Crippen LogP contribution >= 0.6 is 12.2 Å². The Morgan fingerprint density at radius 3 is 2.61 bits per heavy atom. The van der Waals surface area contributed by atoms with Crippen molar-refractivity contribution in [3.63, 3.8) is 0 Å². The Labute approximate surface area is 175 Å². The number of likely N-dealkylation sites (tertiary alicyclic amines) is 1. The van der Waals surface area contributed by atoms with Gasteiger partial charge in [0.1, 0.15) is 5.75 Å². The fourth-order valence-corrected chi connectivity index (χ4v) is 5.11. The van der Waals surface area contributed by atoms with Gasteiger partial charge in [0, 0.05) is 24.5 Å². The Morgan fingerprint density at radius 1 is 1.21 bits per heavy atom. The summed E-state index contributed by atoms with van der Waals surface area (Å²) in [6.45, 7) is 9.71. The average Bonchev–Trinajstić information content (AvgIpc) is 3.35. The van der Waals surface area contributed by atoms with Crippen molar-refractivity contribution in [2.24, 2.45) is 17.3 Å². The molecule has 2 heterocycles. The number of nitrogens with zero attached hydrogens (tertiary/aromatic N) is 2. The number of thiocarbonyl (C=S) groups is 1. The van der Waals surface area contributed by atoms with Crippen LogP contribution in [0.4, 0.5) is 0 Å². The number of hydrogen-bond donors (Lipinski definition) is 1. The van der Waals surface area contributed by atoms with Crippen molar-refractivity contribution < 1.29 is 4.74 Å². The molecule has 3 aliphatic rings. The van der Waals surface area contributed by atoms with E-state index in [9.17, 15) is 0 Å². The highest BCUT2D eigenvalue weighted by Gasteiger charge is 2.56. The summed E-state index contributed by atoms with van der Waals surface area (Å²) in [6, 6.07) is 9.37. The largest absolute Gasteiger partial charge is 0.493 e. The zero-order valence-corrected chi connectivity index (χ0v) is 18.4. The molecule has 2 aliphatic heterocycles. The first-order valence-electron chi connectivity index (χ1n) is 10.9. The molecule has 1 N–H and O–H groups in total. The highest BCUT2D eigenvalue weighted by Crippen LogP contribution is 2.55. The number of benzene rings is 1. The normalized spacial score (nSPS) is 28.6. The Kier molecular flexibility index (Phi) is 5.84. The Balaban J connectivity index is 1.33. The summed E-state index contributed by atoms with van der Waals surface area (Å²) in [5.41, 5.74) is 1.84. The van der Waals surface area contributed by atoms with E-state index < -0.39 is 0 Å². The van der Waals surface area contributed by atoms with Crippen LogP contribution in [0.25, 0.3) is 0 Å². The lowest BCUT2D eigenvalue weighted by atomic mass is 9.94.